The molecule has 1 aromatic heterocycles. The van der Waals surface area contributed by atoms with E-state index in [1.54, 1.807) is 0 Å². The van der Waals surface area contributed by atoms with E-state index in [1.807, 2.05) is 12.3 Å². The molecule has 3 fully saturated rings. The monoisotopic (exact) mass is 287 g/mol. The third-order valence-corrected chi connectivity index (χ3v) is 5.41. The van der Waals surface area contributed by atoms with Crippen molar-refractivity contribution in [2.45, 2.75) is 37.9 Å². The highest BCUT2D eigenvalue weighted by Crippen LogP contribution is 2.33. The number of fused-ring (bicyclic) bond motifs is 1. The van der Waals surface area contributed by atoms with E-state index in [0.29, 0.717) is 0 Å². The van der Waals surface area contributed by atoms with E-state index >= 15 is 0 Å². The Labute approximate surface area is 127 Å². The van der Waals surface area contributed by atoms with Crippen LogP contribution in [-0.2, 0) is 11.3 Å². The van der Waals surface area contributed by atoms with Gasteiger partial charge in [0.15, 0.2) is 0 Å². The van der Waals surface area contributed by atoms with Crippen molar-refractivity contribution in [1.82, 2.24) is 14.8 Å². The summed E-state index contributed by atoms with van der Waals surface area (Å²) in [6.45, 7) is 6.71. The standard InChI is InChI=1S/C17H25N3O/c1-2-7-18-15(3-1)12-20-9-5-16-17(20)4-8-19(16)11-14-6-10-21-13-14/h1-3,7,14,16-17H,4-6,8-13H2/t14-,16+,17-/m0/s1. The number of nitrogens with zero attached hydrogens (tertiary/aromatic N) is 3. The lowest BCUT2D eigenvalue weighted by Gasteiger charge is -2.27. The molecule has 4 heterocycles. The third-order valence-electron chi connectivity index (χ3n) is 5.41. The Balaban J connectivity index is 1.36. The van der Waals surface area contributed by atoms with Crippen LogP contribution in [0.5, 0.6) is 0 Å². The summed E-state index contributed by atoms with van der Waals surface area (Å²) in [5, 5.41) is 0. The molecule has 3 saturated heterocycles. The summed E-state index contributed by atoms with van der Waals surface area (Å²) in [5.41, 5.74) is 1.21. The lowest BCUT2D eigenvalue weighted by Crippen LogP contribution is -2.38. The van der Waals surface area contributed by atoms with Gasteiger partial charge in [-0.25, -0.2) is 0 Å². The minimum absolute atomic E-state index is 0.745. The van der Waals surface area contributed by atoms with E-state index < -0.39 is 0 Å². The van der Waals surface area contributed by atoms with Gasteiger partial charge in [-0.05, 0) is 37.3 Å². The molecule has 0 spiro atoms. The van der Waals surface area contributed by atoms with Crippen molar-refractivity contribution >= 4 is 0 Å². The third kappa shape index (κ3) is 2.85. The van der Waals surface area contributed by atoms with Crippen LogP contribution in [0.1, 0.15) is 25.0 Å². The molecule has 0 N–H and O–H groups in total. The molecule has 0 bridgehead atoms. The van der Waals surface area contributed by atoms with Crippen LogP contribution in [0, 0.1) is 5.92 Å². The van der Waals surface area contributed by atoms with Crippen LogP contribution in [-0.4, -0.2) is 59.7 Å². The zero-order valence-corrected chi connectivity index (χ0v) is 12.7. The normalized spacial score (nSPS) is 33.6. The van der Waals surface area contributed by atoms with E-state index in [-0.39, 0.29) is 0 Å². The second kappa shape index (κ2) is 6.03. The van der Waals surface area contributed by atoms with Crippen molar-refractivity contribution in [3.8, 4) is 0 Å². The topological polar surface area (TPSA) is 28.6 Å². The Morgan fingerprint density at radius 3 is 2.71 bits per heavy atom. The Bertz CT molecular complexity index is 460. The summed E-state index contributed by atoms with van der Waals surface area (Å²) in [6.07, 6.45) is 5.81. The molecule has 0 aromatic carbocycles. The summed E-state index contributed by atoms with van der Waals surface area (Å²) in [4.78, 5) is 9.88. The quantitative estimate of drug-likeness (QED) is 0.844. The highest BCUT2D eigenvalue weighted by molar-refractivity contribution is 5.06. The molecule has 0 unspecified atom stereocenters. The Morgan fingerprint density at radius 2 is 1.95 bits per heavy atom. The molecular formula is C17H25N3O. The van der Waals surface area contributed by atoms with Gasteiger partial charge in [-0.15, -0.1) is 0 Å². The second-order valence-corrected chi connectivity index (χ2v) is 6.73. The first-order valence-electron chi connectivity index (χ1n) is 8.36. The average molecular weight is 287 g/mol. The van der Waals surface area contributed by atoms with Crippen molar-refractivity contribution in [2.24, 2.45) is 5.92 Å². The molecule has 21 heavy (non-hydrogen) atoms. The Kier molecular flexibility index (Phi) is 3.93. The maximum atomic E-state index is 5.53. The molecule has 0 aliphatic carbocycles. The maximum Gasteiger partial charge on any atom is 0.0544 e. The van der Waals surface area contributed by atoms with Crippen LogP contribution in [0.25, 0.3) is 0 Å². The molecule has 4 nitrogen and oxygen atoms in total. The molecular weight excluding hydrogens is 262 g/mol. The molecule has 4 heteroatoms. The van der Waals surface area contributed by atoms with Gasteiger partial charge in [0, 0.05) is 51.1 Å². The molecule has 0 amide bonds. The lowest BCUT2D eigenvalue weighted by atomic mass is 10.1. The van der Waals surface area contributed by atoms with Gasteiger partial charge < -0.3 is 4.74 Å². The molecule has 4 rings (SSSR count). The molecule has 0 saturated carbocycles. The smallest absolute Gasteiger partial charge is 0.0544 e. The minimum Gasteiger partial charge on any atom is -0.381 e. The summed E-state index contributed by atoms with van der Waals surface area (Å²) in [7, 11) is 0. The van der Waals surface area contributed by atoms with E-state index in [0.717, 1.165) is 37.8 Å². The number of aromatic nitrogens is 1. The molecule has 114 valence electrons. The largest absolute Gasteiger partial charge is 0.381 e. The summed E-state index contributed by atoms with van der Waals surface area (Å²) >= 11 is 0. The molecule has 0 radical (unpaired) electrons. The molecule has 1 aromatic rings. The number of hydrogen-bond acceptors (Lipinski definition) is 4. The molecule has 3 atom stereocenters. The first-order valence-corrected chi connectivity index (χ1v) is 8.36. The number of likely N-dealkylation sites (tertiary alicyclic amines) is 2. The van der Waals surface area contributed by atoms with E-state index in [2.05, 4.69) is 26.9 Å². The SMILES string of the molecule is c1ccc(CN2CC[C@@H]3[C@@H]2CCN3C[C@@H]2CCOC2)nc1. The first kappa shape index (κ1) is 13.7. The van der Waals surface area contributed by atoms with Gasteiger partial charge in [-0.2, -0.15) is 0 Å². The van der Waals surface area contributed by atoms with Crippen LogP contribution >= 0.6 is 0 Å². The van der Waals surface area contributed by atoms with Gasteiger partial charge in [-0.1, -0.05) is 6.07 Å². The van der Waals surface area contributed by atoms with Gasteiger partial charge in [0.05, 0.1) is 12.3 Å². The van der Waals surface area contributed by atoms with Crippen LogP contribution in [0.15, 0.2) is 24.4 Å². The molecule has 3 aliphatic heterocycles. The summed E-state index contributed by atoms with van der Waals surface area (Å²) in [5.74, 6) is 0.772. The van der Waals surface area contributed by atoms with Gasteiger partial charge in [0.1, 0.15) is 0 Å². The van der Waals surface area contributed by atoms with Gasteiger partial charge in [0.25, 0.3) is 0 Å². The van der Waals surface area contributed by atoms with E-state index in [4.69, 9.17) is 4.74 Å². The fourth-order valence-electron chi connectivity index (χ4n) is 4.35. The number of ether oxygens (including phenoxy) is 1. The van der Waals surface area contributed by atoms with Crippen LogP contribution < -0.4 is 0 Å². The van der Waals surface area contributed by atoms with E-state index in [9.17, 15) is 0 Å². The Morgan fingerprint density at radius 1 is 1.10 bits per heavy atom. The van der Waals surface area contributed by atoms with Crippen molar-refractivity contribution < 1.29 is 4.74 Å². The zero-order chi connectivity index (χ0) is 14.1. The number of rotatable bonds is 4. The minimum atomic E-state index is 0.745. The van der Waals surface area contributed by atoms with Crippen molar-refractivity contribution in [3.05, 3.63) is 30.1 Å². The predicted molar refractivity (Wildman–Crippen MR) is 82.0 cm³/mol. The molecule has 3 aliphatic rings. The van der Waals surface area contributed by atoms with Crippen LogP contribution in [0.2, 0.25) is 0 Å². The maximum absolute atomic E-state index is 5.53. The van der Waals surface area contributed by atoms with Crippen LogP contribution in [0.3, 0.4) is 0 Å². The predicted octanol–water partition coefficient (Wildman–Crippen LogP) is 1.77. The van der Waals surface area contributed by atoms with Crippen molar-refractivity contribution in [3.63, 3.8) is 0 Å². The first-order chi connectivity index (χ1) is 10.4. The summed E-state index contributed by atoms with van der Waals surface area (Å²) in [6, 6.07) is 7.76. The van der Waals surface area contributed by atoms with E-state index in [1.165, 1.54) is 44.6 Å². The second-order valence-electron chi connectivity index (χ2n) is 6.73. The lowest BCUT2D eigenvalue weighted by molar-refractivity contribution is 0.159. The van der Waals surface area contributed by atoms with Crippen LogP contribution in [0.4, 0.5) is 0 Å². The number of pyridine rings is 1. The Hall–Kier alpha value is -0.970. The summed E-state index contributed by atoms with van der Waals surface area (Å²) < 4.78 is 5.53. The van der Waals surface area contributed by atoms with Gasteiger partial charge in [-0.3, -0.25) is 14.8 Å². The average Bonchev–Trinajstić information content (AvgIpc) is 3.21. The zero-order valence-electron chi connectivity index (χ0n) is 12.7. The number of hydrogen-bond donors (Lipinski definition) is 0. The fraction of sp³-hybridized carbons (Fsp3) is 0.706. The van der Waals surface area contributed by atoms with Gasteiger partial charge >= 0.3 is 0 Å². The van der Waals surface area contributed by atoms with Crippen molar-refractivity contribution in [2.75, 3.05) is 32.8 Å². The van der Waals surface area contributed by atoms with Crippen molar-refractivity contribution in [1.29, 1.82) is 0 Å². The highest BCUT2D eigenvalue weighted by Gasteiger charge is 2.42. The highest BCUT2D eigenvalue weighted by atomic mass is 16.5. The fourth-order valence-corrected chi connectivity index (χ4v) is 4.35. The van der Waals surface area contributed by atoms with Gasteiger partial charge in [0.2, 0.25) is 0 Å².